The molecule has 0 aliphatic rings. The largest absolute Gasteiger partial charge is 0.459 e. The Kier molecular flexibility index (Phi) is 5.37. The molecule has 30 heavy (non-hydrogen) atoms. The molecule has 0 spiro atoms. The maximum absolute atomic E-state index is 12.4. The SMILES string of the molecule is CC(C)(C)OC(=O)CN=C(c1cccc2ccccc12)c1cccc2ccccc12. The highest BCUT2D eigenvalue weighted by atomic mass is 16.6. The van der Waals surface area contributed by atoms with Crippen LogP contribution in [0, 0.1) is 0 Å². The third kappa shape index (κ3) is 4.25. The van der Waals surface area contributed by atoms with Crippen molar-refractivity contribution in [2.75, 3.05) is 6.54 Å². The standard InChI is InChI=1S/C27H25NO2/c1-27(2,3)30-25(29)18-28-26(23-16-8-12-19-10-4-6-14-21(19)23)24-17-9-13-20-11-5-7-15-22(20)24/h4-17H,18H2,1-3H3. The summed E-state index contributed by atoms with van der Waals surface area (Å²) in [4.78, 5) is 17.2. The van der Waals surface area contributed by atoms with E-state index in [1.54, 1.807) is 0 Å². The van der Waals surface area contributed by atoms with Gasteiger partial charge in [-0.05, 0) is 42.3 Å². The van der Waals surface area contributed by atoms with Crippen molar-refractivity contribution < 1.29 is 9.53 Å². The van der Waals surface area contributed by atoms with Gasteiger partial charge in [0.25, 0.3) is 0 Å². The number of rotatable bonds is 4. The van der Waals surface area contributed by atoms with Gasteiger partial charge >= 0.3 is 5.97 Å². The maximum Gasteiger partial charge on any atom is 0.328 e. The molecule has 0 aliphatic carbocycles. The normalized spacial score (nSPS) is 11.4. The zero-order valence-electron chi connectivity index (χ0n) is 17.6. The number of hydrogen-bond donors (Lipinski definition) is 0. The zero-order chi connectivity index (χ0) is 21.1. The van der Waals surface area contributed by atoms with E-state index in [1.165, 1.54) is 0 Å². The van der Waals surface area contributed by atoms with Crippen LogP contribution in [0.4, 0.5) is 0 Å². The topological polar surface area (TPSA) is 38.7 Å². The lowest BCUT2D eigenvalue weighted by atomic mass is 9.93. The van der Waals surface area contributed by atoms with Crippen molar-refractivity contribution in [3.8, 4) is 0 Å². The minimum atomic E-state index is -0.536. The number of esters is 1. The molecule has 0 atom stereocenters. The second kappa shape index (κ2) is 8.11. The lowest BCUT2D eigenvalue weighted by Gasteiger charge is -2.19. The average Bonchev–Trinajstić information content (AvgIpc) is 2.73. The van der Waals surface area contributed by atoms with Crippen molar-refractivity contribution >= 4 is 33.2 Å². The van der Waals surface area contributed by atoms with Crippen molar-refractivity contribution in [3.05, 3.63) is 96.1 Å². The Morgan fingerprint density at radius 2 is 1.20 bits per heavy atom. The number of benzene rings is 4. The number of fused-ring (bicyclic) bond motifs is 2. The molecule has 4 aromatic rings. The van der Waals surface area contributed by atoms with Gasteiger partial charge in [0.05, 0.1) is 5.71 Å². The molecule has 0 aromatic heterocycles. The van der Waals surface area contributed by atoms with Gasteiger partial charge in [-0.25, -0.2) is 0 Å². The van der Waals surface area contributed by atoms with Crippen LogP contribution in [-0.4, -0.2) is 23.8 Å². The van der Waals surface area contributed by atoms with Gasteiger partial charge in [-0.2, -0.15) is 0 Å². The molecule has 0 heterocycles. The van der Waals surface area contributed by atoms with Gasteiger partial charge in [0.2, 0.25) is 0 Å². The molecular weight excluding hydrogens is 370 g/mol. The Bertz CT molecular complexity index is 1160. The molecule has 4 rings (SSSR count). The number of nitrogens with zero attached hydrogens (tertiary/aromatic N) is 1. The van der Waals surface area contributed by atoms with Gasteiger partial charge in [-0.15, -0.1) is 0 Å². The van der Waals surface area contributed by atoms with E-state index >= 15 is 0 Å². The highest BCUT2D eigenvalue weighted by Gasteiger charge is 2.18. The van der Waals surface area contributed by atoms with Crippen LogP contribution in [-0.2, 0) is 9.53 Å². The summed E-state index contributed by atoms with van der Waals surface area (Å²) in [6.45, 7) is 5.57. The predicted molar refractivity (Wildman–Crippen MR) is 124 cm³/mol. The Morgan fingerprint density at radius 1 is 0.733 bits per heavy atom. The maximum atomic E-state index is 12.4. The summed E-state index contributed by atoms with van der Waals surface area (Å²) in [6, 6.07) is 28.9. The summed E-state index contributed by atoms with van der Waals surface area (Å²) in [7, 11) is 0. The first-order chi connectivity index (χ1) is 14.4. The molecule has 4 aromatic carbocycles. The van der Waals surface area contributed by atoms with Crippen LogP contribution in [0.5, 0.6) is 0 Å². The van der Waals surface area contributed by atoms with Crippen LogP contribution in [0.3, 0.4) is 0 Å². The smallest absolute Gasteiger partial charge is 0.328 e. The van der Waals surface area contributed by atoms with Gasteiger partial charge in [0.15, 0.2) is 0 Å². The Morgan fingerprint density at radius 3 is 1.70 bits per heavy atom. The average molecular weight is 396 g/mol. The van der Waals surface area contributed by atoms with Crippen LogP contribution in [0.25, 0.3) is 21.5 Å². The molecule has 150 valence electrons. The summed E-state index contributed by atoms with van der Waals surface area (Å²) in [5.41, 5.74) is 2.28. The second-order valence-corrected chi connectivity index (χ2v) is 8.30. The lowest BCUT2D eigenvalue weighted by molar-refractivity contribution is -0.152. The Labute approximate surface area is 177 Å². The Balaban J connectivity index is 1.89. The molecule has 0 unspecified atom stereocenters. The first-order valence-electron chi connectivity index (χ1n) is 10.1. The monoisotopic (exact) mass is 395 g/mol. The summed E-state index contributed by atoms with van der Waals surface area (Å²) in [5, 5.41) is 4.49. The summed E-state index contributed by atoms with van der Waals surface area (Å²) >= 11 is 0. The van der Waals surface area contributed by atoms with Crippen molar-refractivity contribution in [2.45, 2.75) is 26.4 Å². The van der Waals surface area contributed by atoms with E-state index in [0.29, 0.717) is 0 Å². The lowest BCUT2D eigenvalue weighted by Crippen LogP contribution is -2.25. The third-order valence-electron chi connectivity index (χ3n) is 4.88. The molecule has 0 N–H and O–H groups in total. The number of hydrogen-bond acceptors (Lipinski definition) is 3. The van der Waals surface area contributed by atoms with Crippen LogP contribution in [0.1, 0.15) is 31.9 Å². The van der Waals surface area contributed by atoms with Crippen molar-refractivity contribution in [1.82, 2.24) is 0 Å². The molecule has 0 bridgehead atoms. The molecule has 0 saturated heterocycles. The molecule has 3 heteroatoms. The van der Waals surface area contributed by atoms with Crippen LogP contribution in [0.2, 0.25) is 0 Å². The highest BCUT2D eigenvalue weighted by Crippen LogP contribution is 2.26. The second-order valence-electron chi connectivity index (χ2n) is 8.30. The fourth-order valence-electron chi connectivity index (χ4n) is 3.70. The van der Waals surface area contributed by atoms with E-state index in [0.717, 1.165) is 38.4 Å². The first-order valence-corrected chi connectivity index (χ1v) is 10.1. The number of carbonyl (C=O) groups is 1. The van der Waals surface area contributed by atoms with Crippen LogP contribution in [0.15, 0.2) is 89.9 Å². The van der Waals surface area contributed by atoms with E-state index in [4.69, 9.17) is 9.73 Å². The molecule has 3 nitrogen and oxygen atoms in total. The molecule has 0 aliphatic heterocycles. The molecule has 0 saturated carbocycles. The summed E-state index contributed by atoms with van der Waals surface area (Å²) in [5.74, 6) is -0.333. The first kappa shape index (κ1) is 19.8. The number of aliphatic imine (C=N–C) groups is 1. The van der Waals surface area contributed by atoms with E-state index in [-0.39, 0.29) is 12.5 Å². The van der Waals surface area contributed by atoms with Gasteiger partial charge < -0.3 is 4.74 Å². The molecule has 0 fully saturated rings. The fraction of sp³-hybridized carbons (Fsp3) is 0.185. The molecule has 0 radical (unpaired) electrons. The van der Waals surface area contributed by atoms with Gasteiger partial charge in [-0.3, -0.25) is 9.79 Å². The minimum Gasteiger partial charge on any atom is -0.459 e. The van der Waals surface area contributed by atoms with E-state index in [9.17, 15) is 4.79 Å². The van der Waals surface area contributed by atoms with E-state index in [2.05, 4.69) is 48.5 Å². The minimum absolute atomic E-state index is 0.0287. The van der Waals surface area contributed by atoms with Gasteiger partial charge in [0, 0.05) is 11.1 Å². The third-order valence-corrected chi connectivity index (χ3v) is 4.88. The van der Waals surface area contributed by atoms with Crippen molar-refractivity contribution in [2.24, 2.45) is 4.99 Å². The zero-order valence-corrected chi connectivity index (χ0v) is 17.6. The van der Waals surface area contributed by atoms with E-state index < -0.39 is 5.60 Å². The highest BCUT2D eigenvalue weighted by molar-refractivity contribution is 6.24. The van der Waals surface area contributed by atoms with E-state index in [1.807, 2.05) is 57.2 Å². The van der Waals surface area contributed by atoms with Gasteiger partial charge in [-0.1, -0.05) is 84.9 Å². The van der Waals surface area contributed by atoms with Crippen molar-refractivity contribution in [3.63, 3.8) is 0 Å². The number of carbonyl (C=O) groups excluding carboxylic acids is 1. The summed E-state index contributed by atoms with van der Waals surface area (Å²) in [6.07, 6.45) is 0. The van der Waals surface area contributed by atoms with Gasteiger partial charge in [0.1, 0.15) is 12.1 Å². The van der Waals surface area contributed by atoms with Crippen LogP contribution >= 0.6 is 0 Å². The fourth-order valence-corrected chi connectivity index (χ4v) is 3.70. The van der Waals surface area contributed by atoms with Crippen molar-refractivity contribution in [1.29, 1.82) is 0 Å². The van der Waals surface area contributed by atoms with Crippen LogP contribution < -0.4 is 0 Å². The molecular formula is C27H25NO2. The predicted octanol–water partition coefficient (Wildman–Crippen LogP) is 6.17. The Hall–Kier alpha value is -3.46. The number of ether oxygens (including phenoxy) is 1. The quantitative estimate of drug-likeness (QED) is 0.306. The summed E-state index contributed by atoms with van der Waals surface area (Å²) < 4.78 is 5.49. The molecule has 0 amide bonds.